The molecule has 0 amide bonds. The van der Waals surface area contributed by atoms with E-state index in [1.54, 1.807) is 0 Å². The SMILES string of the molecule is CN1CCCCC(N)C1c1ccc(F)cc1. The third-order valence-corrected chi connectivity index (χ3v) is 3.39. The van der Waals surface area contributed by atoms with E-state index in [4.69, 9.17) is 5.73 Å². The lowest BCUT2D eigenvalue weighted by Gasteiger charge is -2.30. The molecule has 1 fully saturated rings. The van der Waals surface area contributed by atoms with E-state index >= 15 is 0 Å². The summed E-state index contributed by atoms with van der Waals surface area (Å²) in [5.74, 6) is -0.186. The lowest BCUT2D eigenvalue weighted by atomic mass is 9.97. The van der Waals surface area contributed by atoms with Crippen molar-refractivity contribution < 1.29 is 4.39 Å². The first-order valence-electron chi connectivity index (χ1n) is 5.90. The number of hydrogen-bond acceptors (Lipinski definition) is 2. The fraction of sp³-hybridized carbons (Fsp3) is 0.538. The van der Waals surface area contributed by atoms with Gasteiger partial charge in [-0.05, 0) is 44.1 Å². The zero-order chi connectivity index (χ0) is 11.5. The van der Waals surface area contributed by atoms with E-state index in [9.17, 15) is 4.39 Å². The number of hydrogen-bond donors (Lipinski definition) is 1. The molecule has 1 aromatic rings. The second-order valence-electron chi connectivity index (χ2n) is 4.64. The van der Waals surface area contributed by atoms with Crippen LogP contribution in [0.25, 0.3) is 0 Å². The Bertz CT molecular complexity index is 324. The minimum Gasteiger partial charge on any atom is -0.326 e. The van der Waals surface area contributed by atoms with Crippen LogP contribution < -0.4 is 5.73 Å². The third-order valence-electron chi connectivity index (χ3n) is 3.39. The van der Waals surface area contributed by atoms with Crippen LogP contribution in [0.3, 0.4) is 0 Å². The van der Waals surface area contributed by atoms with Crippen LogP contribution in [-0.2, 0) is 0 Å². The Balaban J connectivity index is 2.24. The van der Waals surface area contributed by atoms with Crippen LogP contribution in [0.5, 0.6) is 0 Å². The van der Waals surface area contributed by atoms with E-state index in [2.05, 4.69) is 11.9 Å². The van der Waals surface area contributed by atoms with E-state index in [1.807, 2.05) is 12.1 Å². The zero-order valence-electron chi connectivity index (χ0n) is 9.70. The first-order chi connectivity index (χ1) is 7.68. The second-order valence-corrected chi connectivity index (χ2v) is 4.64. The van der Waals surface area contributed by atoms with Crippen molar-refractivity contribution >= 4 is 0 Å². The quantitative estimate of drug-likeness (QED) is 0.790. The topological polar surface area (TPSA) is 29.3 Å². The van der Waals surface area contributed by atoms with Crippen LogP contribution >= 0.6 is 0 Å². The van der Waals surface area contributed by atoms with Crippen molar-refractivity contribution in [1.29, 1.82) is 0 Å². The largest absolute Gasteiger partial charge is 0.326 e. The molecule has 2 N–H and O–H groups in total. The molecule has 0 spiro atoms. The first-order valence-corrected chi connectivity index (χ1v) is 5.90. The van der Waals surface area contributed by atoms with Crippen molar-refractivity contribution in [3.8, 4) is 0 Å². The van der Waals surface area contributed by atoms with Crippen LogP contribution in [-0.4, -0.2) is 24.5 Å². The summed E-state index contributed by atoms with van der Waals surface area (Å²) in [5.41, 5.74) is 7.33. The fourth-order valence-electron chi connectivity index (χ4n) is 2.53. The number of benzene rings is 1. The molecule has 2 unspecified atom stereocenters. The molecule has 2 atom stereocenters. The molecule has 3 heteroatoms. The molecule has 1 aliphatic rings. The summed E-state index contributed by atoms with van der Waals surface area (Å²) in [6, 6.07) is 7.10. The van der Waals surface area contributed by atoms with Gasteiger partial charge >= 0.3 is 0 Å². The van der Waals surface area contributed by atoms with Gasteiger partial charge < -0.3 is 5.73 Å². The molecule has 2 nitrogen and oxygen atoms in total. The van der Waals surface area contributed by atoms with Crippen LogP contribution in [0.15, 0.2) is 24.3 Å². The highest BCUT2D eigenvalue weighted by Gasteiger charge is 2.26. The van der Waals surface area contributed by atoms with E-state index in [-0.39, 0.29) is 17.9 Å². The van der Waals surface area contributed by atoms with Gasteiger partial charge in [0.2, 0.25) is 0 Å². The lowest BCUT2D eigenvalue weighted by Crippen LogP contribution is -2.37. The number of likely N-dealkylation sites (tertiary alicyclic amines) is 1. The fourth-order valence-corrected chi connectivity index (χ4v) is 2.53. The Morgan fingerprint density at radius 3 is 2.62 bits per heavy atom. The average molecular weight is 222 g/mol. The van der Waals surface area contributed by atoms with Crippen molar-refractivity contribution in [1.82, 2.24) is 4.90 Å². The number of rotatable bonds is 1. The predicted octanol–water partition coefficient (Wildman–Crippen LogP) is 2.31. The standard InChI is InChI=1S/C13H19FN2/c1-16-9-3-2-4-12(15)13(16)10-5-7-11(14)8-6-10/h5-8,12-13H,2-4,9,15H2,1H3. The van der Waals surface area contributed by atoms with E-state index in [1.165, 1.54) is 25.0 Å². The van der Waals surface area contributed by atoms with Crippen molar-refractivity contribution in [3.05, 3.63) is 35.6 Å². The number of halogens is 1. The van der Waals surface area contributed by atoms with Gasteiger partial charge in [0, 0.05) is 12.1 Å². The molecule has 1 heterocycles. The van der Waals surface area contributed by atoms with Gasteiger partial charge in [-0.1, -0.05) is 18.6 Å². The summed E-state index contributed by atoms with van der Waals surface area (Å²) in [4.78, 5) is 2.28. The first kappa shape index (κ1) is 11.6. The summed E-state index contributed by atoms with van der Waals surface area (Å²) < 4.78 is 12.9. The summed E-state index contributed by atoms with van der Waals surface area (Å²) in [7, 11) is 2.10. The highest BCUT2D eigenvalue weighted by atomic mass is 19.1. The zero-order valence-corrected chi connectivity index (χ0v) is 9.70. The van der Waals surface area contributed by atoms with E-state index in [0.717, 1.165) is 18.5 Å². The summed E-state index contributed by atoms with van der Waals surface area (Å²) in [6.45, 7) is 1.07. The Morgan fingerprint density at radius 1 is 1.25 bits per heavy atom. The molecule has 0 radical (unpaired) electrons. The summed E-state index contributed by atoms with van der Waals surface area (Å²) >= 11 is 0. The monoisotopic (exact) mass is 222 g/mol. The van der Waals surface area contributed by atoms with Crippen molar-refractivity contribution in [2.24, 2.45) is 5.73 Å². The Labute approximate surface area is 96.2 Å². The molecule has 1 aromatic carbocycles. The van der Waals surface area contributed by atoms with Gasteiger partial charge in [0.15, 0.2) is 0 Å². The molecule has 0 bridgehead atoms. The highest BCUT2D eigenvalue weighted by Crippen LogP contribution is 2.28. The second kappa shape index (κ2) is 4.93. The van der Waals surface area contributed by atoms with Gasteiger partial charge in [0.25, 0.3) is 0 Å². The van der Waals surface area contributed by atoms with Crippen molar-refractivity contribution in [2.45, 2.75) is 31.3 Å². The molecule has 0 aliphatic carbocycles. The molecule has 16 heavy (non-hydrogen) atoms. The smallest absolute Gasteiger partial charge is 0.123 e. The van der Waals surface area contributed by atoms with Gasteiger partial charge in [-0.15, -0.1) is 0 Å². The molecular formula is C13H19FN2. The minimum absolute atomic E-state index is 0.151. The molecule has 1 saturated heterocycles. The van der Waals surface area contributed by atoms with Gasteiger partial charge in [0.1, 0.15) is 5.82 Å². The maximum Gasteiger partial charge on any atom is 0.123 e. The Hall–Kier alpha value is -0.930. The number of nitrogens with two attached hydrogens (primary N) is 1. The van der Waals surface area contributed by atoms with Gasteiger partial charge in [-0.25, -0.2) is 4.39 Å². The number of nitrogens with zero attached hydrogens (tertiary/aromatic N) is 1. The lowest BCUT2D eigenvalue weighted by molar-refractivity contribution is 0.230. The maximum atomic E-state index is 12.9. The normalized spacial score (nSPS) is 27.7. The Kier molecular flexibility index (Phi) is 3.56. The van der Waals surface area contributed by atoms with Crippen molar-refractivity contribution in [3.63, 3.8) is 0 Å². The van der Waals surface area contributed by atoms with Crippen LogP contribution in [0.1, 0.15) is 30.9 Å². The van der Waals surface area contributed by atoms with Crippen LogP contribution in [0.4, 0.5) is 4.39 Å². The molecular weight excluding hydrogens is 203 g/mol. The van der Waals surface area contributed by atoms with Crippen LogP contribution in [0, 0.1) is 5.82 Å². The highest BCUT2D eigenvalue weighted by molar-refractivity contribution is 5.21. The molecule has 2 rings (SSSR count). The van der Waals surface area contributed by atoms with Gasteiger partial charge in [-0.3, -0.25) is 4.90 Å². The van der Waals surface area contributed by atoms with E-state index < -0.39 is 0 Å². The van der Waals surface area contributed by atoms with Gasteiger partial charge in [0.05, 0.1) is 0 Å². The number of likely N-dealkylation sites (N-methyl/N-ethyl adjacent to an activating group) is 1. The molecule has 88 valence electrons. The predicted molar refractivity (Wildman–Crippen MR) is 63.6 cm³/mol. The molecule has 1 aliphatic heterocycles. The summed E-state index contributed by atoms with van der Waals surface area (Å²) in [5, 5.41) is 0. The Morgan fingerprint density at radius 2 is 1.94 bits per heavy atom. The third kappa shape index (κ3) is 2.42. The summed E-state index contributed by atoms with van der Waals surface area (Å²) in [6.07, 6.45) is 3.43. The van der Waals surface area contributed by atoms with Crippen LogP contribution in [0.2, 0.25) is 0 Å². The van der Waals surface area contributed by atoms with Gasteiger partial charge in [-0.2, -0.15) is 0 Å². The minimum atomic E-state index is -0.186. The molecule has 0 aromatic heterocycles. The maximum absolute atomic E-state index is 12.9. The molecule has 0 saturated carbocycles. The van der Waals surface area contributed by atoms with Crippen molar-refractivity contribution in [2.75, 3.05) is 13.6 Å². The average Bonchev–Trinajstić information content (AvgIpc) is 2.42. The van der Waals surface area contributed by atoms with E-state index in [0.29, 0.717) is 0 Å².